The Hall–Kier alpha value is -2.57. The monoisotopic (exact) mass is 259 g/mol. The van der Waals surface area contributed by atoms with Gasteiger partial charge in [-0.15, -0.1) is 0 Å². The topological polar surface area (TPSA) is 93.8 Å². The summed E-state index contributed by atoms with van der Waals surface area (Å²) in [6, 6.07) is 3.24. The van der Waals surface area contributed by atoms with E-state index in [1.54, 1.807) is 32.3 Å². The van der Waals surface area contributed by atoms with E-state index in [9.17, 15) is 10.1 Å². The lowest BCUT2D eigenvalue weighted by Gasteiger charge is -2.06. The lowest BCUT2D eigenvalue weighted by Crippen LogP contribution is -2.07. The second-order valence-corrected chi connectivity index (χ2v) is 4.09. The van der Waals surface area contributed by atoms with Crippen LogP contribution in [0.3, 0.4) is 0 Å². The Labute approximate surface area is 109 Å². The highest BCUT2D eigenvalue weighted by molar-refractivity contribution is 5.56. The highest BCUT2D eigenvalue weighted by Crippen LogP contribution is 2.22. The summed E-state index contributed by atoms with van der Waals surface area (Å²) < 4.78 is 0. The minimum Gasteiger partial charge on any atom is -0.359 e. The largest absolute Gasteiger partial charge is 0.359 e. The lowest BCUT2D eigenvalue weighted by molar-refractivity contribution is -0.384. The molecule has 0 bridgehead atoms. The molecule has 0 fully saturated rings. The molecule has 2 aromatic rings. The molecular weight excluding hydrogens is 246 g/mol. The van der Waals surface area contributed by atoms with Crippen LogP contribution in [0.15, 0.2) is 24.5 Å². The molecule has 0 amide bonds. The van der Waals surface area contributed by atoms with E-state index >= 15 is 0 Å². The van der Waals surface area contributed by atoms with E-state index in [0.717, 1.165) is 11.3 Å². The Balaban J connectivity index is 2.17. The van der Waals surface area contributed by atoms with Gasteiger partial charge in [0.1, 0.15) is 5.82 Å². The second-order valence-electron chi connectivity index (χ2n) is 4.09. The first kappa shape index (κ1) is 12.9. The van der Waals surface area contributed by atoms with E-state index < -0.39 is 4.92 Å². The molecule has 0 spiro atoms. The van der Waals surface area contributed by atoms with Gasteiger partial charge in [-0.2, -0.15) is 0 Å². The van der Waals surface area contributed by atoms with Crippen LogP contribution in [0.2, 0.25) is 0 Å². The molecule has 0 unspecified atom stereocenters. The van der Waals surface area contributed by atoms with Crippen LogP contribution in [-0.4, -0.2) is 19.9 Å². The van der Waals surface area contributed by atoms with Gasteiger partial charge in [0.25, 0.3) is 0 Å². The average molecular weight is 259 g/mol. The van der Waals surface area contributed by atoms with Crippen molar-refractivity contribution in [3.05, 3.63) is 51.7 Å². The summed E-state index contributed by atoms with van der Waals surface area (Å²) in [5, 5.41) is 13.9. The highest BCUT2D eigenvalue weighted by Gasteiger charge is 2.15. The summed E-state index contributed by atoms with van der Waals surface area (Å²) in [6.07, 6.45) is 3.23. The van der Waals surface area contributed by atoms with Gasteiger partial charge in [-0.05, 0) is 25.5 Å². The molecule has 7 heteroatoms. The Morgan fingerprint density at radius 1 is 1.37 bits per heavy atom. The van der Waals surface area contributed by atoms with Gasteiger partial charge >= 0.3 is 5.69 Å². The predicted octanol–water partition coefficient (Wildman–Crippen LogP) is 2.01. The molecule has 0 saturated carbocycles. The van der Waals surface area contributed by atoms with Gasteiger partial charge in [0.15, 0.2) is 0 Å². The van der Waals surface area contributed by atoms with Crippen molar-refractivity contribution < 1.29 is 4.92 Å². The van der Waals surface area contributed by atoms with Crippen LogP contribution in [0.1, 0.15) is 17.1 Å². The van der Waals surface area contributed by atoms with Gasteiger partial charge in [-0.25, -0.2) is 15.0 Å². The molecule has 2 rings (SSSR count). The minimum absolute atomic E-state index is 0.0363. The van der Waals surface area contributed by atoms with Crippen LogP contribution in [0, 0.1) is 24.0 Å². The van der Waals surface area contributed by atoms with Crippen LogP contribution >= 0.6 is 0 Å². The van der Waals surface area contributed by atoms with E-state index in [4.69, 9.17) is 0 Å². The molecule has 7 nitrogen and oxygen atoms in total. The highest BCUT2D eigenvalue weighted by atomic mass is 16.6. The van der Waals surface area contributed by atoms with E-state index in [0.29, 0.717) is 12.4 Å². The Morgan fingerprint density at radius 2 is 2.16 bits per heavy atom. The Morgan fingerprint density at radius 3 is 2.84 bits per heavy atom. The van der Waals surface area contributed by atoms with Crippen molar-refractivity contribution in [2.45, 2.75) is 20.4 Å². The molecule has 0 aliphatic rings. The Kier molecular flexibility index (Phi) is 3.65. The summed E-state index contributed by atoms with van der Waals surface area (Å²) in [6.45, 7) is 3.91. The van der Waals surface area contributed by atoms with Crippen molar-refractivity contribution >= 4 is 11.5 Å². The summed E-state index contributed by atoms with van der Waals surface area (Å²) in [5.74, 6) is 0.900. The first-order valence-corrected chi connectivity index (χ1v) is 5.69. The number of aryl methyl sites for hydroxylation is 2. The third-order valence-corrected chi connectivity index (χ3v) is 2.47. The number of pyridine rings is 1. The smallest absolute Gasteiger partial charge is 0.311 e. The van der Waals surface area contributed by atoms with Crippen molar-refractivity contribution in [2.75, 3.05) is 5.32 Å². The maximum absolute atomic E-state index is 10.9. The molecule has 0 aliphatic carbocycles. The number of hydrogen-bond donors (Lipinski definition) is 1. The summed E-state index contributed by atoms with van der Waals surface area (Å²) in [4.78, 5) is 22.7. The van der Waals surface area contributed by atoms with Crippen molar-refractivity contribution in [2.24, 2.45) is 0 Å². The SMILES string of the molecule is Cc1cnc(NCc2ccnc(C)n2)c([N+](=O)[O-])c1. The van der Waals surface area contributed by atoms with Crippen molar-refractivity contribution in [3.8, 4) is 0 Å². The molecule has 19 heavy (non-hydrogen) atoms. The van der Waals surface area contributed by atoms with Gasteiger partial charge in [0.2, 0.25) is 5.82 Å². The number of nitro groups is 1. The third kappa shape index (κ3) is 3.21. The zero-order chi connectivity index (χ0) is 13.8. The summed E-state index contributed by atoms with van der Waals surface area (Å²) in [7, 11) is 0. The first-order valence-electron chi connectivity index (χ1n) is 5.69. The molecule has 1 N–H and O–H groups in total. The number of rotatable bonds is 4. The molecule has 0 radical (unpaired) electrons. The maximum Gasteiger partial charge on any atom is 0.311 e. The van der Waals surface area contributed by atoms with Gasteiger partial charge in [0.05, 0.1) is 17.2 Å². The molecule has 0 atom stereocenters. The quantitative estimate of drug-likeness (QED) is 0.666. The average Bonchev–Trinajstić information content (AvgIpc) is 2.37. The van der Waals surface area contributed by atoms with Gasteiger partial charge in [0, 0.05) is 18.5 Å². The zero-order valence-corrected chi connectivity index (χ0v) is 10.6. The van der Waals surface area contributed by atoms with Gasteiger partial charge in [-0.1, -0.05) is 0 Å². The fourth-order valence-corrected chi connectivity index (χ4v) is 1.61. The van der Waals surface area contributed by atoms with Crippen LogP contribution in [0.4, 0.5) is 11.5 Å². The number of hydrogen-bond acceptors (Lipinski definition) is 6. The number of nitrogens with one attached hydrogen (secondary N) is 1. The minimum atomic E-state index is -0.451. The predicted molar refractivity (Wildman–Crippen MR) is 69.7 cm³/mol. The third-order valence-electron chi connectivity index (χ3n) is 2.47. The number of anilines is 1. The molecule has 2 heterocycles. The van der Waals surface area contributed by atoms with Crippen molar-refractivity contribution in [1.29, 1.82) is 0 Å². The van der Waals surface area contributed by atoms with E-state index in [1.807, 2.05) is 0 Å². The fourth-order valence-electron chi connectivity index (χ4n) is 1.61. The van der Waals surface area contributed by atoms with Crippen LogP contribution in [-0.2, 0) is 6.54 Å². The van der Waals surface area contributed by atoms with Crippen LogP contribution in [0.5, 0.6) is 0 Å². The van der Waals surface area contributed by atoms with E-state index in [2.05, 4.69) is 20.3 Å². The zero-order valence-electron chi connectivity index (χ0n) is 10.6. The first-order chi connectivity index (χ1) is 9.06. The molecule has 0 saturated heterocycles. The fraction of sp³-hybridized carbons (Fsp3) is 0.250. The second kappa shape index (κ2) is 5.38. The van der Waals surface area contributed by atoms with Crippen molar-refractivity contribution in [3.63, 3.8) is 0 Å². The number of nitrogens with zero attached hydrogens (tertiary/aromatic N) is 4. The molecular formula is C12H13N5O2. The summed E-state index contributed by atoms with van der Waals surface area (Å²) >= 11 is 0. The van der Waals surface area contributed by atoms with Gasteiger partial charge in [-0.3, -0.25) is 10.1 Å². The standard InChI is InChI=1S/C12H13N5O2/c1-8-5-11(17(18)19)12(14-6-8)15-7-10-3-4-13-9(2)16-10/h3-6H,7H2,1-2H3,(H,14,15). The summed E-state index contributed by atoms with van der Waals surface area (Å²) in [5.41, 5.74) is 1.46. The molecule has 98 valence electrons. The molecule has 2 aromatic heterocycles. The molecule has 0 aliphatic heterocycles. The van der Waals surface area contributed by atoms with Gasteiger partial charge < -0.3 is 5.32 Å². The lowest BCUT2D eigenvalue weighted by atomic mass is 10.3. The van der Waals surface area contributed by atoms with Crippen molar-refractivity contribution in [1.82, 2.24) is 15.0 Å². The number of aromatic nitrogens is 3. The van der Waals surface area contributed by atoms with E-state index in [1.165, 1.54) is 6.07 Å². The Bertz CT molecular complexity index is 615. The van der Waals surface area contributed by atoms with Crippen LogP contribution in [0.25, 0.3) is 0 Å². The normalized spacial score (nSPS) is 10.2. The van der Waals surface area contributed by atoms with Crippen LogP contribution < -0.4 is 5.32 Å². The van der Waals surface area contributed by atoms with E-state index in [-0.39, 0.29) is 11.5 Å². The maximum atomic E-state index is 10.9. The molecule has 0 aromatic carbocycles.